The predicted octanol–water partition coefficient (Wildman–Crippen LogP) is 2.79. The average molecular weight is 248 g/mol. The lowest BCUT2D eigenvalue weighted by atomic mass is 10.1. The van der Waals surface area contributed by atoms with E-state index in [1.165, 1.54) is 0 Å². The lowest BCUT2D eigenvalue weighted by Gasteiger charge is -2.20. The van der Waals surface area contributed by atoms with Crippen molar-refractivity contribution < 1.29 is 14.6 Å². The zero-order chi connectivity index (χ0) is 13.6. The Labute approximate surface area is 108 Å². The minimum absolute atomic E-state index is 0.0272. The van der Waals surface area contributed by atoms with Crippen LogP contribution in [0.2, 0.25) is 0 Å². The molecule has 1 N–H and O–H groups in total. The molecule has 0 saturated heterocycles. The van der Waals surface area contributed by atoms with Gasteiger partial charge in [-0.05, 0) is 26.3 Å². The Hall–Kier alpha value is -1.61. The molecular formula is C15H20O3. The third-order valence-electron chi connectivity index (χ3n) is 2.11. The molecule has 3 nitrogen and oxygen atoms in total. The summed E-state index contributed by atoms with van der Waals surface area (Å²) in [5.41, 5.74) is 0.473. The predicted molar refractivity (Wildman–Crippen MR) is 71.9 cm³/mol. The molecule has 0 heterocycles. The van der Waals surface area contributed by atoms with E-state index in [0.717, 1.165) is 5.56 Å². The van der Waals surface area contributed by atoms with Gasteiger partial charge in [0, 0.05) is 0 Å². The van der Waals surface area contributed by atoms with Crippen molar-refractivity contribution in [3.8, 4) is 0 Å². The third-order valence-corrected chi connectivity index (χ3v) is 2.11. The van der Waals surface area contributed by atoms with E-state index >= 15 is 0 Å². The maximum absolute atomic E-state index is 11.5. The molecule has 1 atom stereocenters. The van der Waals surface area contributed by atoms with Crippen LogP contribution in [-0.4, -0.2) is 22.8 Å². The Morgan fingerprint density at radius 3 is 2.50 bits per heavy atom. The summed E-state index contributed by atoms with van der Waals surface area (Å²) in [6.45, 7) is 5.41. The van der Waals surface area contributed by atoms with Crippen LogP contribution in [0.25, 0.3) is 6.08 Å². The summed E-state index contributed by atoms with van der Waals surface area (Å²) in [6, 6.07) is 9.61. The summed E-state index contributed by atoms with van der Waals surface area (Å²) >= 11 is 0. The number of carbonyl (C=O) groups excluding carboxylic acids is 1. The first kappa shape index (κ1) is 14.5. The average Bonchev–Trinajstić information content (AvgIpc) is 2.25. The Balaban J connectivity index is 2.45. The highest BCUT2D eigenvalue weighted by Crippen LogP contribution is 2.10. The van der Waals surface area contributed by atoms with Crippen molar-refractivity contribution in [2.45, 2.75) is 38.9 Å². The van der Waals surface area contributed by atoms with Crippen LogP contribution in [0.4, 0.5) is 0 Å². The van der Waals surface area contributed by atoms with Gasteiger partial charge in [0.05, 0.1) is 12.5 Å². The second kappa shape index (κ2) is 6.36. The minimum atomic E-state index is -0.819. The molecule has 0 amide bonds. The van der Waals surface area contributed by atoms with Crippen molar-refractivity contribution in [3.05, 3.63) is 42.0 Å². The Bertz CT molecular complexity index is 401. The largest absolute Gasteiger partial charge is 0.460 e. The van der Waals surface area contributed by atoms with Crippen molar-refractivity contribution in [2.24, 2.45) is 0 Å². The number of hydrogen-bond donors (Lipinski definition) is 1. The molecule has 0 radical (unpaired) electrons. The molecule has 1 aromatic rings. The van der Waals surface area contributed by atoms with Gasteiger partial charge in [-0.15, -0.1) is 0 Å². The zero-order valence-electron chi connectivity index (χ0n) is 11.1. The summed E-state index contributed by atoms with van der Waals surface area (Å²) in [7, 11) is 0. The molecular weight excluding hydrogens is 228 g/mol. The van der Waals surface area contributed by atoms with E-state index in [9.17, 15) is 9.90 Å². The van der Waals surface area contributed by atoms with Gasteiger partial charge in [-0.2, -0.15) is 0 Å². The van der Waals surface area contributed by atoms with Crippen molar-refractivity contribution in [2.75, 3.05) is 0 Å². The zero-order valence-corrected chi connectivity index (χ0v) is 11.1. The molecule has 0 aliphatic carbocycles. The first-order valence-corrected chi connectivity index (χ1v) is 6.00. The highest BCUT2D eigenvalue weighted by Gasteiger charge is 2.17. The summed E-state index contributed by atoms with van der Waals surface area (Å²) in [5.74, 6) is -0.396. The maximum atomic E-state index is 11.5. The summed E-state index contributed by atoms with van der Waals surface area (Å²) < 4.78 is 5.13. The quantitative estimate of drug-likeness (QED) is 0.833. The van der Waals surface area contributed by atoms with Crippen LogP contribution >= 0.6 is 0 Å². The molecule has 0 aliphatic rings. The first-order valence-electron chi connectivity index (χ1n) is 6.00. The van der Waals surface area contributed by atoms with Crippen LogP contribution in [0.5, 0.6) is 0 Å². The van der Waals surface area contributed by atoms with E-state index in [1.54, 1.807) is 32.9 Å². The topological polar surface area (TPSA) is 46.5 Å². The number of benzene rings is 1. The number of hydrogen-bond acceptors (Lipinski definition) is 3. The van der Waals surface area contributed by atoms with Crippen LogP contribution in [0.15, 0.2) is 36.4 Å². The smallest absolute Gasteiger partial charge is 0.309 e. The standard InChI is InChI=1S/C15H20O3/c1-15(2,3)18-14(17)11-13(16)10-9-12-7-5-4-6-8-12/h4-10,13,16H,11H2,1-3H3/b10-9+/t13-/m0/s1. The fraction of sp³-hybridized carbons (Fsp3) is 0.400. The van der Waals surface area contributed by atoms with E-state index in [4.69, 9.17) is 4.74 Å². The van der Waals surface area contributed by atoms with E-state index < -0.39 is 17.7 Å². The van der Waals surface area contributed by atoms with Crippen LogP contribution in [0, 0.1) is 0 Å². The van der Waals surface area contributed by atoms with Gasteiger partial charge >= 0.3 is 5.97 Å². The van der Waals surface area contributed by atoms with Crippen molar-refractivity contribution >= 4 is 12.0 Å². The van der Waals surface area contributed by atoms with Crippen LogP contribution in [0.1, 0.15) is 32.8 Å². The van der Waals surface area contributed by atoms with Crippen LogP contribution in [-0.2, 0) is 9.53 Å². The molecule has 0 spiro atoms. The SMILES string of the molecule is CC(C)(C)OC(=O)C[C@@H](O)/C=C/c1ccccc1. The number of ether oxygens (including phenoxy) is 1. The van der Waals surface area contributed by atoms with Gasteiger partial charge in [0.1, 0.15) is 5.60 Å². The van der Waals surface area contributed by atoms with E-state index in [-0.39, 0.29) is 6.42 Å². The Morgan fingerprint density at radius 2 is 1.94 bits per heavy atom. The number of rotatable bonds is 4. The highest BCUT2D eigenvalue weighted by atomic mass is 16.6. The molecule has 0 aromatic heterocycles. The molecule has 0 aliphatic heterocycles. The van der Waals surface area contributed by atoms with E-state index in [2.05, 4.69) is 0 Å². The molecule has 1 aromatic carbocycles. The molecule has 1 rings (SSSR count). The van der Waals surface area contributed by atoms with Crippen LogP contribution in [0.3, 0.4) is 0 Å². The fourth-order valence-electron chi connectivity index (χ4n) is 1.41. The van der Waals surface area contributed by atoms with Gasteiger partial charge in [-0.25, -0.2) is 0 Å². The lowest BCUT2D eigenvalue weighted by molar-refractivity contribution is -0.156. The molecule has 18 heavy (non-hydrogen) atoms. The molecule has 0 unspecified atom stereocenters. The van der Waals surface area contributed by atoms with Gasteiger partial charge in [0.15, 0.2) is 0 Å². The molecule has 0 bridgehead atoms. The second-order valence-corrected chi connectivity index (χ2v) is 5.13. The van der Waals surface area contributed by atoms with Gasteiger partial charge in [-0.1, -0.05) is 42.5 Å². The van der Waals surface area contributed by atoms with Crippen molar-refractivity contribution in [3.63, 3.8) is 0 Å². The summed E-state index contributed by atoms with van der Waals surface area (Å²) in [4.78, 5) is 11.5. The number of esters is 1. The normalized spacial score (nSPS) is 13.6. The van der Waals surface area contributed by atoms with Crippen molar-refractivity contribution in [1.82, 2.24) is 0 Å². The number of aliphatic hydroxyl groups excluding tert-OH is 1. The Kier molecular flexibility index (Phi) is 5.10. The van der Waals surface area contributed by atoms with E-state index in [1.807, 2.05) is 30.3 Å². The number of carbonyl (C=O) groups is 1. The number of aliphatic hydroxyl groups is 1. The Morgan fingerprint density at radius 1 is 1.33 bits per heavy atom. The highest BCUT2D eigenvalue weighted by molar-refractivity contribution is 5.71. The van der Waals surface area contributed by atoms with Gasteiger partial charge in [0.25, 0.3) is 0 Å². The molecule has 98 valence electrons. The van der Waals surface area contributed by atoms with Gasteiger partial charge in [0.2, 0.25) is 0 Å². The third kappa shape index (κ3) is 6.21. The second-order valence-electron chi connectivity index (χ2n) is 5.13. The first-order chi connectivity index (χ1) is 8.37. The molecule has 3 heteroatoms. The van der Waals surface area contributed by atoms with E-state index in [0.29, 0.717) is 0 Å². The molecule has 0 saturated carbocycles. The lowest BCUT2D eigenvalue weighted by Crippen LogP contribution is -2.26. The molecule has 0 fully saturated rings. The maximum Gasteiger partial charge on any atom is 0.309 e. The minimum Gasteiger partial charge on any atom is -0.460 e. The summed E-state index contributed by atoms with van der Waals surface area (Å²) in [6.07, 6.45) is 2.54. The van der Waals surface area contributed by atoms with Crippen LogP contribution < -0.4 is 0 Å². The van der Waals surface area contributed by atoms with Crippen molar-refractivity contribution in [1.29, 1.82) is 0 Å². The fourth-order valence-corrected chi connectivity index (χ4v) is 1.41. The van der Waals surface area contributed by atoms with Gasteiger partial charge < -0.3 is 9.84 Å². The summed E-state index contributed by atoms with van der Waals surface area (Å²) in [5, 5.41) is 9.69. The van der Waals surface area contributed by atoms with Gasteiger partial charge in [-0.3, -0.25) is 4.79 Å². The monoisotopic (exact) mass is 248 g/mol.